The van der Waals surface area contributed by atoms with Gasteiger partial charge in [-0.1, -0.05) is 39.5 Å². The molecule has 0 aliphatic carbocycles. The van der Waals surface area contributed by atoms with E-state index < -0.39 is 5.41 Å². The monoisotopic (exact) mass is 616 g/mol. The number of H-pyrrole nitrogens is 1. The van der Waals surface area contributed by atoms with Gasteiger partial charge < -0.3 is 26.0 Å². The predicted octanol–water partition coefficient (Wildman–Crippen LogP) is 7.10. The second-order valence-electron chi connectivity index (χ2n) is 12.8. The number of nitrogens with zero attached hydrogens (tertiary/aromatic N) is 3. The minimum absolute atomic E-state index is 0.0647. The van der Waals surface area contributed by atoms with E-state index in [1.807, 2.05) is 71.4 Å². The Bertz CT molecular complexity index is 1930. The van der Waals surface area contributed by atoms with Gasteiger partial charge in [0.25, 0.3) is 0 Å². The van der Waals surface area contributed by atoms with Crippen LogP contribution in [0.1, 0.15) is 64.4 Å². The first-order valence-corrected chi connectivity index (χ1v) is 15.5. The van der Waals surface area contributed by atoms with Gasteiger partial charge in [-0.15, -0.1) is 0 Å². The lowest BCUT2D eigenvalue weighted by molar-refractivity contribution is -0.127. The van der Waals surface area contributed by atoms with Crippen molar-refractivity contribution in [1.82, 2.24) is 30.8 Å². The number of aromatic nitrogens is 4. The number of ether oxygens (including phenoxy) is 1. The fourth-order valence-electron chi connectivity index (χ4n) is 5.32. The van der Waals surface area contributed by atoms with Gasteiger partial charge in [-0.3, -0.25) is 14.9 Å². The summed E-state index contributed by atoms with van der Waals surface area (Å²) < 4.78 is 6.04. The number of benzene rings is 1. The van der Waals surface area contributed by atoms with Crippen molar-refractivity contribution in [2.45, 2.75) is 53.9 Å². The minimum atomic E-state index is -0.518. The minimum Gasteiger partial charge on any atom is -0.493 e. The summed E-state index contributed by atoms with van der Waals surface area (Å²) in [7, 11) is 0. The summed E-state index contributed by atoms with van der Waals surface area (Å²) in [4.78, 5) is 22.2. The molecule has 1 aromatic carbocycles. The number of hydrogen-bond acceptors (Lipinski definition) is 8. The van der Waals surface area contributed by atoms with Crippen LogP contribution in [0.3, 0.4) is 0 Å². The first kappa shape index (κ1) is 30.6. The van der Waals surface area contributed by atoms with E-state index in [2.05, 4.69) is 61.2 Å². The van der Waals surface area contributed by atoms with E-state index in [-0.39, 0.29) is 5.91 Å². The van der Waals surface area contributed by atoms with Crippen LogP contribution in [0, 0.1) is 5.41 Å². The Labute approximate surface area is 269 Å². The Morgan fingerprint density at radius 1 is 1.11 bits per heavy atom. The van der Waals surface area contributed by atoms with Gasteiger partial charge in [0.05, 0.1) is 41.1 Å². The summed E-state index contributed by atoms with van der Waals surface area (Å²) in [5.41, 5.74) is 10.4. The Morgan fingerprint density at radius 3 is 2.76 bits per heavy atom. The molecule has 0 fully saturated rings. The zero-order valence-electron chi connectivity index (χ0n) is 27.0. The molecule has 3 aromatic heterocycles. The van der Waals surface area contributed by atoms with Crippen molar-refractivity contribution in [3.05, 3.63) is 96.1 Å². The average Bonchev–Trinajstić information content (AvgIpc) is 3.31. The van der Waals surface area contributed by atoms with Crippen molar-refractivity contribution in [3.8, 4) is 16.9 Å². The smallest absolute Gasteiger partial charge is 0.229 e. The van der Waals surface area contributed by atoms with Crippen LogP contribution in [0.2, 0.25) is 0 Å². The number of allylic oxidation sites excluding steroid dienone is 4. The van der Waals surface area contributed by atoms with Gasteiger partial charge in [0, 0.05) is 46.5 Å². The molecule has 2 aliphatic heterocycles. The van der Waals surface area contributed by atoms with E-state index in [0.29, 0.717) is 22.6 Å². The van der Waals surface area contributed by atoms with Crippen molar-refractivity contribution < 1.29 is 9.53 Å². The van der Waals surface area contributed by atoms with Gasteiger partial charge >= 0.3 is 0 Å². The third-order valence-electron chi connectivity index (χ3n) is 7.85. The Hall–Kier alpha value is -5.38. The molecule has 0 unspecified atom stereocenters. The number of amides is 1. The van der Waals surface area contributed by atoms with Crippen LogP contribution in [0.5, 0.6) is 5.75 Å². The van der Waals surface area contributed by atoms with Gasteiger partial charge in [-0.25, -0.2) is 4.98 Å². The molecule has 4 aromatic rings. The molecule has 0 saturated heterocycles. The molecule has 0 saturated carbocycles. The maximum atomic E-state index is 12.6. The molecular formula is C36H40N8O2. The molecule has 10 heteroatoms. The van der Waals surface area contributed by atoms with Crippen molar-refractivity contribution in [2.75, 3.05) is 17.2 Å². The summed E-state index contributed by atoms with van der Waals surface area (Å²) >= 11 is 0. The zero-order chi connectivity index (χ0) is 32.4. The highest BCUT2D eigenvalue weighted by Gasteiger charge is 2.23. The van der Waals surface area contributed by atoms with Gasteiger partial charge in [0.15, 0.2) is 0 Å². The molecular weight excluding hydrogens is 576 g/mol. The fourth-order valence-corrected chi connectivity index (χ4v) is 5.32. The Morgan fingerprint density at radius 2 is 1.96 bits per heavy atom. The molecule has 0 radical (unpaired) electrons. The van der Waals surface area contributed by atoms with E-state index in [9.17, 15) is 4.79 Å². The third-order valence-corrected chi connectivity index (χ3v) is 7.85. The fraction of sp³-hybridized carbons (Fsp3) is 0.278. The number of anilines is 2. The highest BCUT2D eigenvalue weighted by Crippen LogP contribution is 2.40. The predicted molar refractivity (Wildman–Crippen MR) is 184 cm³/mol. The van der Waals surface area contributed by atoms with E-state index in [0.717, 1.165) is 76.6 Å². The van der Waals surface area contributed by atoms with Crippen molar-refractivity contribution >= 4 is 39.6 Å². The van der Waals surface area contributed by atoms with Gasteiger partial charge in [0.2, 0.25) is 5.91 Å². The van der Waals surface area contributed by atoms with E-state index in [1.165, 1.54) is 5.56 Å². The molecule has 5 heterocycles. The number of nitrogens with one attached hydrogen (secondary N) is 5. The van der Waals surface area contributed by atoms with Crippen molar-refractivity contribution in [2.24, 2.45) is 5.41 Å². The number of rotatable bonds is 7. The standard InChI is InChI=1S/C36H40N8O2/c1-21(2)38-17-25(15-22(3)40-35(45)36(4,5)6)27-12-13-28-33(42-27)34(44-43-28)30-20-39-32-26(18-37-19-29(32)41-30)24-11-10-23-9-7-8-14-46-31(23)16-24/h10-13,15-20,38-39,41H,1,7-9,14H2,2-6H3,(H,40,45)(H,43,44)/b22-15+,25-17+. The van der Waals surface area contributed by atoms with Crippen LogP contribution in [-0.2, 0) is 11.2 Å². The zero-order valence-corrected chi connectivity index (χ0v) is 27.0. The number of aryl methyl sites for hydroxylation is 1. The molecule has 2 aliphatic rings. The summed E-state index contributed by atoms with van der Waals surface area (Å²) in [6.07, 6.45) is 12.5. The third kappa shape index (κ3) is 6.51. The van der Waals surface area contributed by atoms with E-state index in [4.69, 9.17) is 9.72 Å². The largest absolute Gasteiger partial charge is 0.493 e. The molecule has 5 N–H and O–H groups in total. The lowest BCUT2D eigenvalue weighted by atomic mass is 9.95. The normalized spacial score (nSPS) is 14.9. The van der Waals surface area contributed by atoms with Crippen molar-refractivity contribution in [1.29, 1.82) is 0 Å². The lowest BCUT2D eigenvalue weighted by Crippen LogP contribution is -2.33. The number of carbonyl (C=O) groups excluding carboxylic acids is 1. The molecule has 0 bridgehead atoms. The van der Waals surface area contributed by atoms with Crippen LogP contribution in [0.15, 0.2) is 79.2 Å². The number of carbonyl (C=O) groups is 1. The number of fused-ring (bicyclic) bond motifs is 3. The number of aromatic amines is 1. The van der Waals surface area contributed by atoms with Crippen LogP contribution in [0.25, 0.3) is 33.4 Å². The van der Waals surface area contributed by atoms with Crippen molar-refractivity contribution in [3.63, 3.8) is 0 Å². The second kappa shape index (κ2) is 12.5. The highest BCUT2D eigenvalue weighted by atomic mass is 16.5. The van der Waals surface area contributed by atoms with Gasteiger partial charge in [-0.2, -0.15) is 5.10 Å². The molecule has 0 spiro atoms. The van der Waals surface area contributed by atoms with Crippen LogP contribution >= 0.6 is 0 Å². The second-order valence-corrected chi connectivity index (χ2v) is 12.8. The first-order chi connectivity index (χ1) is 22.1. The number of hydrogen-bond donors (Lipinski definition) is 5. The topological polar surface area (TPSA) is 129 Å². The maximum absolute atomic E-state index is 12.6. The molecule has 236 valence electrons. The van der Waals surface area contributed by atoms with Crippen LogP contribution in [0.4, 0.5) is 11.4 Å². The Balaban J connectivity index is 1.31. The van der Waals surface area contributed by atoms with Gasteiger partial charge in [0.1, 0.15) is 17.0 Å². The van der Waals surface area contributed by atoms with Gasteiger partial charge in [-0.05, 0) is 68.5 Å². The first-order valence-electron chi connectivity index (χ1n) is 15.5. The summed E-state index contributed by atoms with van der Waals surface area (Å²) in [5.74, 6) is 0.885. The molecule has 46 heavy (non-hydrogen) atoms. The summed E-state index contributed by atoms with van der Waals surface area (Å²) in [5, 5.41) is 20.9. The molecule has 1 amide bonds. The SMILES string of the molecule is C=C(C)N/C=C(\C=C(/C)NC(=O)C(C)(C)C)c1ccc2[nH]nc(C3=CNc4c(cncc4-c4ccc5c(c4)OCCCC5)N3)c2n1. The quantitative estimate of drug-likeness (QED) is 0.139. The molecule has 0 atom stereocenters. The highest BCUT2D eigenvalue weighted by molar-refractivity contribution is 5.99. The lowest BCUT2D eigenvalue weighted by Gasteiger charge is -2.22. The van der Waals surface area contributed by atoms with E-state index in [1.54, 1.807) is 6.20 Å². The summed E-state index contributed by atoms with van der Waals surface area (Å²) in [6.45, 7) is 14.1. The molecule has 10 nitrogen and oxygen atoms in total. The summed E-state index contributed by atoms with van der Waals surface area (Å²) in [6, 6.07) is 10.3. The number of pyridine rings is 2. The van der Waals surface area contributed by atoms with Crippen LogP contribution in [-0.4, -0.2) is 32.7 Å². The average molecular weight is 617 g/mol. The molecule has 6 rings (SSSR count). The Kier molecular flexibility index (Phi) is 8.36. The van der Waals surface area contributed by atoms with E-state index >= 15 is 0 Å². The maximum Gasteiger partial charge on any atom is 0.229 e. The van der Waals surface area contributed by atoms with Crippen LogP contribution < -0.4 is 26.0 Å².